The second-order valence-electron chi connectivity index (χ2n) is 6.71. The van der Waals surface area contributed by atoms with Crippen molar-refractivity contribution in [3.63, 3.8) is 0 Å². The molecule has 3 rings (SSSR count). The van der Waals surface area contributed by atoms with Crippen molar-refractivity contribution in [2.45, 2.75) is 30.8 Å². The van der Waals surface area contributed by atoms with Crippen molar-refractivity contribution in [3.05, 3.63) is 84.4 Å². The van der Waals surface area contributed by atoms with E-state index in [1.807, 2.05) is 65.6 Å². The lowest BCUT2D eigenvalue weighted by atomic mass is 9.83. The van der Waals surface area contributed by atoms with Crippen LogP contribution in [0.3, 0.4) is 0 Å². The summed E-state index contributed by atoms with van der Waals surface area (Å²) < 4.78 is 0. The van der Waals surface area contributed by atoms with Gasteiger partial charge in [0.1, 0.15) is 0 Å². The fourth-order valence-electron chi connectivity index (χ4n) is 3.59. The van der Waals surface area contributed by atoms with E-state index >= 15 is 0 Å². The first-order chi connectivity index (χ1) is 12.1. The van der Waals surface area contributed by atoms with Gasteiger partial charge in [-0.25, -0.2) is 0 Å². The Morgan fingerprint density at radius 1 is 1.08 bits per heavy atom. The van der Waals surface area contributed by atoms with E-state index in [-0.39, 0.29) is 11.8 Å². The molecule has 2 aromatic rings. The fraction of sp³-hybridized carbons (Fsp3) is 0.318. The third-order valence-corrected chi connectivity index (χ3v) is 5.12. The second-order valence-corrected chi connectivity index (χ2v) is 6.71. The van der Waals surface area contributed by atoms with Gasteiger partial charge in [-0.15, -0.1) is 6.58 Å². The molecule has 0 spiro atoms. The predicted molar refractivity (Wildman–Crippen MR) is 100 cm³/mol. The zero-order valence-corrected chi connectivity index (χ0v) is 14.5. The first-order valence-electron chi connectivity index (χ1n) is 8.86. The van der Waals surface area contributed by atoms with E-state index in [2.05, 4.69) is 6.58 Å². The molecule has 1 heterocycles. The van der Waals surface area contributed by atoms with Gasteiger partial charge in [-0.2, -0.15) is 0 Å². The summed E-state index contributed by atoms with van der Waals surface area (Å²) in [5.41, 5.74) is 1.13. The molecular weight excluding hydrogens is 310 g/mol. The van der Waals surface area contributed by atoms with Crippen LogP contribution in [-0.2, 0) is 10.4 Å². The van der Waals surface area contributed by atoms with Gasteiger partial charge < -0.3 is 10.0 Å². The lowest BCUT2D eigenvalue weighted by Gasteiger charge is -2.39. The number of hydrogen-bond acceptors (Lipinski definition) is 2. The molecule has 3 nitrogen and oxygen atoms in total. The number of carbonyl (C=O) groups excluding carboxylic acids is 1. The van der Waals surface area contributed by atoms with E-state index < -0.39 is 5.60 Å². The number of hydrogen-bond donors (Lipinski definition) is 1. The maximum absolute atomic E-state index is 13.0. The number of amides is 1. The summed E-state index contributed by atoms with van der Waals surface area (Å²) in [5, 5.41) is 10.9. The average molecular weight is 335 g/mol. The van der Waals surface area contributed by atoms with Crippen LogP contribution in [0.1, 0.15) is 36.3 Å². The Hall–Kier alpha value is -2.39. The van der Waals surface area contributed by atoms with Crippen molar-refractivity contribution in [3.8, 4) is 0 Å². The van der Waals surface area contributed by atoms with Crippen LogP contribution in [0.5, 0.6) is 0 Å². The number of benzene rings is 2. The van der Waals surface area contributed by atoms with Crippen LogP contribution in [0, 0.1) is 0 Å². The third kappa shape index (κ3) is 3.83. The number of nitrogens with zero attached hydrogens (tertiary/aromatic N) is 1. The minimum absolute atomic E-state index is 0.126. The van der Waals surface area contributed by atoms with Crippen molar-refractivity contribution in [2.75, 3.05) is 13.1 Å². The Morgan fingerprint density at radius 2 is 1.64 bits per heavy atom. The number of carbonyl (C=O) groups is 1. The topological polar surface area (TPSA) is 40.5 Å². The fourth-order valence-corrected chi connectivity index (χ4v) is 3.59. The molecule has 1 fully saturated rings. The van der Waals surface area contributed by atoms with Crippen LogP contribution in [0.4, 0.5) is 0 Å². The van der Waals surface area contributed by atoms with Crippen molar-refractivity contribution in [1.82, 2.24) is 4.90 Å². The first-order valence-corrected chi connectivity index (χ1v) is 8.86. The highest BCUT2D eigenvalue weighted by atomic mass is 16.3. The van der Waals surface area contributed by atoms with Gasteiger partial charge >= 0.3 is 0 Å². The normalized spacial score (nSPS) is 17.7. The van der Waals surface area contributed by atoms with Crippen LogP contribution < -0.4 is 0 Å². The quantitative estimate of drug-likeness (QED) is 0.843. The number of rotatable bonds is 5. The van der Waals surface area contributed by atoms with E-state index in [0.29, 0.717) is 32.4 Å². The molecule has 1 atom stereocenters. The summed E-state index contributed by atoms with van der Waals surface area (Å²) in [6.07, 6.45) is 3.57. The predicted octanol–water partition coefficient (Wildman–Crippen LogP) is 3.86. The lowest BCUT2D eigenvalue weighted by molar-refractivity contribution is -0.137. The maximum atomic E-state index is 13.0. The SMILES string of the molecule is C=CCC(C(=O)N1CCC(O)(c2ccccc2)CC1)c1ccccc1. The molecule has 25 heavy (non-hydrogen) atoms. The van der Waals surface area contributed by atoms with Crippen molar-refractivity contribution < 1.29 is 9.90 Å². The molecule has 1 unspecified atom stereocenters. The summed E-state index contributed by atoms with van der Waals surface area (Å²) in [7, 11) is 0. The van der Waals surface area contributed by atoms with Crippen molar-refractivity contribution in [2.24, 2.45) is 0 Å². The molecule has 0 bridgehead atoms. The van der Waals surface area contributed by atoms with Gasteiger partial charge in [0, 0.05) is 13.1 Å². The second kappa shape index (κ2) is 7.66. The molecule has 2 aromatic carbocycles. The largest absolute Gasteiger partial charge is 0.385 e. The minimum Gasteiger partial charge on any atom is -0.385 e. The Kier molecular flexibility index (Phi) is 5.34. The highest BCUT2D eigenvalue weighted by molar-refractivity contribution is 5.84. The minimum atomic E-state index is -0.835. The molecular formula is C22H25NO2. The van der Waals surface area contributed by atoms with E-state index in [1.165, 1.54) is 0 Å². The Balaban J connectivity index is 1.71. The Morgan fingerprint density at radius 3 is 2.20 bits per heavy atom. The van der Waals surface area contributed by atoms with Crippen molar-refractivity contribution in [1.29, 1.82) is 0 Å². The molecule has 1 N–H and O–H groups in total. The van der Waals surface area contributed by atoms with Crippen LogP contribution >= 0.6 is 0 Å². The highest BCUT2D eigenvalue weighted by Gasteiger charge is 2.36. The van der Waals surface area contributed by atoms with Gasteiger partial charge in [0.15, 0.2) is 0 Å². The molecule has 3 heteroatoms. The molecule has 1 amide bonds. The lowest BCUT2D eigenvalue weighted by Crippen LogP contribution is -2.46. The average Bonchev–Trinajstić information content (AvgIpc) is 2.67. The number of piperidine rings is 1. The summed E-state index contributed by atoms with van der Waals surface area (Å²) in [6, 6.07) is 19.6. The zero-order valence-electron chi connectivity index (χ0n) is 14.5. The standard InChI is InChI=1S/C22H25NO2/c1-2-9-20(18-10-5-3-6-11-18)21(24)23-16-14-22(25,15-17-23)19-12-7-4-8-13-19/h2-8,10-13,20,25H,1,9,14-17H2. The summed E-state index contributed by atoms with van der Waals surface area (Å²) in [5.74, 6) is -0.0668. The van der Waals surface area contributed by atoms with Gasteiger partial charge in [0.2, 0.25) is 5.91 Å². The Labute approximate surface area is 149 Å². The monoisotopic (exact) mass is 335 g/mol. The van der Waals surface area contributed by atoms with E-state index in [1.54, 1.807) is 6.08 Å². The summed E-state index contributed by atoms with van der Waals surface area (Å²) in [4.78, 5) is 14.9. The van der Waals surface area contributed by atoms with Gasteiger partial charge in [-0.1, -0.05) is 66.7 Å². The van der Waals surface area contributed by atoms with Gasteiger partial charge in [0.05, 0.1) is 11.5 Å². The summed E-state index contributed by atoms with van der Waals surface area (Å²) in [6.45, 7) is 4.95. The number of allylic oxidation sites excluding steroid dienone is 1. The molecule has 0 aromatic heterocycles. The molecule has 0 radical (unpaired) electrons. The Bertz CT molecular complexity index is 703. The smallest absolute Gasteiger partial charge is 0.230 e. The van der Waals surface area contributed by atoms with Crippen LogP contribution in [0.25, 0.3) is 0 Å². The van der Waals surface area contributed by atoms with E-state index in [4.69, 9.17) is 0 Å². The molecule has 1 saturated heterocycles. The number of aliphatic hydroxyl groups is 1. The third-order valence-electron chi connectivity index (χ3n) is 5.12. The molecule has 1 aliphatic heterocycles. The van der Waals surface area contributed by atoms with E-state index in [0.717, 1.165) is 11.1 Å². The molecule has 1 aliphatic rings. The zero-order chi connectivity index (χ0) is 17.7. The van der Waals surface area contributed by atoms with Crippen LogP contribution in [0.2, 0.25) is 0 Å². The molecule has 130 valence electrons. The maximum Gasteiger partial charge on any atom is 0.230 e. The molecule has 0 saturated carbocycles. The first kappa shape index (κ1) is 17.4. The summed E-state index contributed by atoms with van der Waals surface area (Å²) >= 11 is 0. The van der Waals surface area contributed by atoms with Crippen LogP contribution in [0.15, 0.2) is 73.3 Å². The van der Waals surface area contributed by atoms with Gasteiger partial charge in [0.25, 0.3) is 0 Å². The molecule has 0 aliphatic carbocycles. The van der Waals surface area contributed by atoms with Gasteiger partial charge in [-0.3, -0.25) is 4.79 Å². The van der Waals surface area contributed by atoms with E-state index in [9.17, 15) is 9.90 Å². The number of likely N-dealkylation sites (tertiary alicyclic amines) is 1. The van der Waals surface area contributed by atoms with Crippen molar-refractivity contribution >= 4 is 5.91 Å². The highest BCUT2D eigenvalue weighted by Crippen LogP contribution is 2.34. The van der Waals surface area contributed by atoms with Crippen LogP contribution in [-0.4, -0.2) is 29.0 Å². The van der Waals surface area contributed by atoms with Gasteiger partial charge in [-0.05, 0) is 30.4 Å².